The minimum absolute atomic E-state index is 0.594. The molecular formula is C38H27N3. The van der Waals surface area contributed by atoms with E-state index in [1.165, 1.54) is 5.56 Å². The summed E-state index contributed by atoms with van der Waals surface area (Å²) in [7, 11) is 0. The average molecular weight is 526 g/mol. The van der Waals surface area contributed by atoms with Crippen LogP contribution in [0.2, 0.25) is 0 Å². The Kier molecular flexibility index (Phi) is 6.78. The summed E-state index contributed by atoms with van der Waals surface area (Å²) in [6.45, 7) is 4.12. The number of aryl methyl sites for hydroxylation is 2. The molecule has 0 bridgehead atoms. The molecule has 41 heavy (non-hydrogen) atoms. The molecular weight excluding hydrogens is 498 g/mol. The van der Waals surface area contributed by atoms with Crippen LogP contribution in [0.3, 0.4) is 0 Å². The highest BCUT2D eigenvalue weighted by Crippen LogP contribution is 2.35. The number of nitriles is 2. The van der Waals surface area contributed by atoms with Gasteiger partial charge in [0.15, 0.2) is 0 Å². The van der Waals surface area contributed by atoms with Gasteiger partial charge in [0.05, 0.1) is 23.3 Å². The minimum Gasteiger partial charge on any atom is -0.311 e. The molecule has 0 aliphatic rings. The van der Waals surface area contributed by atoms with Crippen LogP contribution in [0.4, 0.5) is 17.1 Å². The lowest BCUT2D eigenvalue weighted by molar-refractivity contribution is 1.27. The zero-order valence-corrected chi connectivity index (χ0v) is 23.0. The lowest BCUT2D eigenvalue weighted by atomic mass is 9.93. The minimum atomic E-state index is 0.594. The van der Waals surface area contributed by atoms with Crippen molar-refractivity contribution in [3.8, 4) is 12.1 Å². The monoisotopic (exact) mass is 525 g/mol. The molecule has 0 heterocycles. The fourth-order valence-electron chi connectivity index (χ4n) is 5.40. The first-order chi connectivity index (χ1) is 20.0. The Labute approximate surface area is 240 Å². The maximum Gasteiger partial charge on any atom is 0.0992 e. The van der Waals surface area contributed by atoms with Gasteiger partial charge >= 0.3 is 0 Å². The second-order valence-electron chi connectivity index (χ2n) is 10.3. The van der Waals surface area contributed by atoms with Gasteiger partial charge in [-0.15, -0.1) is 0 Å². The molecule has 0 aliphatic heterocycles. The van der Waals surface area contributed by atoms with Gasteiger partial charge in [0.25, 0.3) is 0 Å². The van der Waals surface area contributed by atoms with Gasteiger partial charge in [-0.3, -0.25) is 0 Å². The molecule has 0 atom stereocenters. The number of para-hydroxylation sites is 1. The van der Waals surface area contributed by atoms with E-state index in [1.54, 1.807) is 0 Å². The normalized spacial score (nSPS) is 11.0. The van der Waals surface area contributed by atoms with Crippen molar-refractivity contribution in [3.05, 3.63) is 149 Å². The van der Waals surface area contributed by atoms with Crippen molar-refractivity contribution >= 4 is 50.8 Å². The standard InChI is InChI=1S/C38H27N3/c1-26-8-14-33(15-9-26)41(32-6-4-3-5-7-32)34-16-11-28(12-17-34)10-13-31-21-30(25-40)23-38-36(31)19-18-35-27(2)20-29(24-39)22-37(35)38/h3-23H,1-2H3. The molecule has 0 spiro atoms. The Bertz CT molecular complexity index is 2000. The van der Waals surface area contributed by atoms with E-state index in [0.717, 1.165) is 55.3 Å². The molecule has 0 aliphatic carbocycles. The molecule has 0 saturated heterocycles. The SMILES string of the molecule is Cc1ccc(N(c2ccccc2)c2ccc(C=Cc3cc(C#N)cc4c3ccc3c(C)cc(C#N)cc34)cc2)cc1. The summed E-state index contributed by atoms with van der Waals surface area (Å²) in [5.74, 6) is 0. The van der Waals surface area contributed by atoms with Crippen molar-refractivity contribution in [2.45, 2.75) is 13.8 Å². The van der Waals surface area contributed by atoms with Gasteiger partial charge in [-0.2, -0.15) is 10.5 Å². The molecule has 194 valence electrons. The highest BCUT2D eigenvalue weighted by atomic mass is 15.1. The number of rotatable bonds is 5. The first kappa shape index (κ1) is 25.6. The summed E-state index contributed by atoms with van der Waals surface area (Å²) in [5, 5.41) is 23.4. The van der Waals surface area contributed by atoms with Gasteiger partial charge in [0.1, 0.15) is 0 Å². The smallest absolute Gasteiger partial charge is 0.0992 e. The number of fused-ring (bicyclic) bond motifs is 3. The van der Waals surface area contributed by atoms with E-state index in [2.05, 4.69) is 121 Å². The molecule has 0 N–H and O–H groups in total. The van der Waals surface area contributed by atoms with E-state index in [1.807, 2.05) is 37.3 Å². The van der Waals surface area contributed by atoms with Crippen LogP contribution in [0.25, 0.3) is 33.7 Å². The van der Waals surface area contributed by atoms with Gasteiger partial charge in [0, 0.05) is 17.1 Å². The van der Waals surface area contributed by atoms with Crippen molar-refractivity contribution < 1.29 is 0 Å². The summed E-state index contributed by atoms with van der Waals surface area (Å²) in [4.78, 5) is 2.25. The average Bonchev–Trinajstić information content (AvgIpc) is 3.01. The fraction of sp³-hybridized carbons (Fsp3) is 0.0526. The molecule has 6 aromatic rings. The van der Waals surface area contributed by atoms with Crippen LogP contribution in [-0.4, -0.2) is 0 Å². The Morgan fingerprint density at radius 3 is 1.76 bits per heavy atom. The third-order valence-electron chi connectivity index (χ3n) is 7.48. The number of hydrogen-bond acceptors (Lipinski definition) is 3. The second-order valence-corrected chi connectivity index (χ2v) is 10.3. The van der Waals surface area contributed by atoms with Crippen LogP contribution in [0.1, 0.15) is 33.4 Å². The molecule has 6 rings (SSSR count). The number of hydrogen-bond donors (Lipinski definition) is 0. The quantitative estimate of drug-likeness (QED) is 0.166. The Balaban J connectivity index is 1.39. The maximum atomic E-state index is 9.79. The Morgan fingerprint density at radius 2 is 1.10 bits per heavy atom. The van der Waals surface area contributed by atoms with E-state index < -0.39 is 0 Å². The molecule has 0 amide bonds. The van der Waals surface area contributed by atoms with E-state index in [9.17, 15) is 10.5 Å². The van der Waals surface area contributed by atoms with E-state index in [-0.39, 0.29) is 0 Å². The van der Waals surface area contributed by atoms with Crippen LogP contribution in [0, 0.1) is 36.5 Å². The van der Waals surface area contributed by atoms with Crippen LogP contribution in [-0.2, 0) is 0 Å². The maximum absolute atomic E-state index is 9.79. The van der Waals surface area contributed by atoms with E-state index in [4.69, 9.17) is 0 Å². The summed E-state index contributed by atoms with van der Waals surface area (Å²) < 4.78 is 0. The molecule has 0 radical (unpaired) electrons. The second kappa shape index (κ2) is 10.9. The van der Waals surface area contributed by atoms with Crippen LogP contribution < -0.4 is 4.90 Å². The van der Waals surface area contributed by atoms with Gasteiger partial charge in [-0.25, -0.2) is 0 Å². The van der Waals surface area contributed by atoms with Gasteiger partial charge in [-0.05, 0) is 113 Å². The fourth-order valence-corrected chi connectivity index (χ4v) is 5.40. The zero-order chi connectivity index (χ0) is 28.3. The molecule has 3 heteroatoms. The van der Waals surface area contributed by atoms with E-state index >= 15 is 0 Å². The first-order valence-corrected chi connectivity index (χ1v) is 13.6. The Morgan fingerprint density at radius 1 is 0.537 bits per heavy atom. The largest absolute Gasteiger partial charge is 0.311 e. The van der Waals surface area contributed by atoms with Crippen LogP contribution in [0.5, 0.6) is 0 Å². The zero-order valence-electron chi connectivity index (χ0n) is 23.0. The summed E-state index contributed by atoms with van der Waals surface area (Å²) in [6, 6.07) is 43.9. The van der Waals surface area contributed by atoms with Crippen molar-refractivity contribution in [1.82, 2.24) is 0 Å². The van der Waals surface area contributed by atoms with Crippen molar-refractivity contribution in [2.24, 2.45) is 0 Å². The molecule has 3 nitrogen and oxygen atoms in total. The molecule has 0 fully saturated rings. The predicted molar refractivity (Wildman–Crippen MR) is 170 cm³/mol. The lowest BCUT2D eigenvalue weighted by Crippen LogP contribution is -2.09. The third-order valence-corrected chi connectivity index (χ3v) is 7.48. The molecule has 0 unspecified atom stereocenters. The Hall–Kier alpha value is -5.64. The summed E-state index contributed by atoms with van der Waals surface area (Å²) >= 11 is 0. The van der Waals surface area contributed by atoms with Gasteiger partial charge in [0.2, 0.25) is 0 Å². The number of benzene rings is 6. The number of nitrogens with zero attached hydrogens (tertiary/aromatic N) is 3. The van der Waals surface area contributed by atoms with Crippen LogP contribution in [0.15, 0.2) is 115 Å². The molecule has 0 aromatic heterocycles. The van der Waals surface area contributed by atoms with Gasteiger partial charge in [-0.1, -0.05) is 72.3 Å². The van der Waals surface area contributed by atoms with Crippen molar-refractivity contribution in [1.29, 1.82) is 10.5 Å². The summed E-state index contributed by atoms with van der Waals surface area (Å²) in [6.07, 6.45) is 4.15. The highest BCUT2D eigenvalue weighted by Gasteiger charge is 2.12. The highest BCUT2D eigenvalue weighted by molar-refractivity contribution is 6.12. The topological polar surface area (TPSA) is 50.8 Å². The number of anilines is 3. The molecule has 6 aromatic carbocycles. The van der Waals surface area contributed by atoms with E-state index in [0.29, 0.717) is 11.1 Å². The van der Waals surface area contributed by atoms with Crippen LogP contribution >= 0.6 is 0 Å². The first-order valence-electron chi connectivity index (χ1n) is 13.6. The molecule has 0 saturated carbocycles. The predicted octanol–water partition coefficient (Wildman–Crippen LogP) is 9.99. The summed E-state index contributed by atoms with van der Waals surface area (Å²) in [5.41, 5.74) is 8.80. The van der Waals surface area contributed by atoms with Crippen molar-refractivity contribution in [3.63, 3.8) is 0 Å². The van der Waals surface area contributed by atoms with Crippen molar-refractivity contribution in [2.75, 3.05) is 4.90 Å². The lowest BCUT2D eigenvalue weighted by Gasteiger charge is -2.25. The third kappa shape index (κ3) is 5.06. The van der Waals surface area contributed by atoms with Gasteiger partial charge < -0.3 is 4.90 Å².